The van der Waals surface area contributed by atoms with Gasteiger partial charge in [0.15, 0.2) is 0 Å². The molecule has 0 spiro atoms. The molecule has 0 aromatic heterocycles. The Kier molecular flexibility index (Phi) is 5.38. The molecule has 24 heavy (non-hydrogen) atoms. The van der Waals surface area contributed by atoms with Crippen LogP contribution in [0.25, 0.3) is 0 Å². The largest absolute Gasteiger partial charge is 0.368 e. The van der Waals surface area contributed by atoms with Crippen LogP contribution < -0.4 is 10.6 Å². The molecule has 0 aliphatic carbocycles. The predicted octanol–water partition coefficient (Wildman–Crippen LogP) is 3.08. The molecule has 1 saturated heterocycles. The van der Waals surface area contributed by atoms with E-state index < -0.39 is 0 Å². The van der Waals surface area contributed by atoms with Gasteiger partial charge < -0.3 is 15.5 Å². The first-order chi connectivity index (χ1) is 11.6. The van der Waals surface area contributed by atoms with E-state index in [1.54, 1.807) is 0 Å². The number of nitrogens with two attached hydrogens (primary N) is 1. The molecule has 2 N–H and O–H groups in total. The molecular formula is C19H22ClN3O. The van der Waals surface area contributed by atoms with Gasteiger partial charge in [-0.15, -0.1) is 0 Å². The van der Waals surface area contributed by atoms with Crippen LogP contribution in [0.1, 0.15) is 18.0 Å². The molecule has 2 aromatic rings. The van der Waals surface area contributed by atoms with Gasteiger partial charge in [-0.25, -0.2) is 0 Å². The van der Waals surface area contributed by atoms with Gasteiger partial charge in [-0.05, 0) is 29.8 Å². The summed E-state index contributed by atoms with van der Waals surface area (Å²) in [5.74, 6) is 0.127. The minimum absolute atomic E-state index is 0.127. The van der Waals surface area contributed by atoms with Crippen LogP contribution in [0, 0.1) is 0 Å². The molecule has 0 bridgehead atoms. The van der Waals surface area contributed by atoms with Crippen molar-refractivity contribution in [2.75, 3.05) is 31.1 Å². The number of carbonyl (C=O) groups is 1. The first-order valence-corrected chi connectivity index (χ1v) is 8.60. The summed E-state index contributed by atoms with van der Waals surface area (Å²) in [6.07, 6.45) is 0.352. The van der Waals surface area contributed by atoms with E-state index in [1.165, 1.54) is 0 Å². The molecule has 126 valence electrons. The highest BCUT2D eigenvalue weighted by molar-refractivity contribution is 6.30. The number of amides is 1. The summed E-state index contributed by atoms with van der Waals surface area (Å²) in [5, 5.41) is 0.738. The molecule has 1 fully saturated rings. The summed E-state index contributed by atoms with van der Waals surface area (Å²) >= 11 is 5.93. The maximum atomic E-state index is 12.5. The maximum absolute atomic E-state index is 12.5. The fourth-order valence-corrected chi connectivity index (χ4v) is 3.13. The molecule has 0 saturated carbocycles. The van der Waals surface area contributed by atoms with Crippen LogP contribution in [0.5, 0.6) is 0 Å². The molecule has 1 heterocycles. The van der Waals surface area contributed by atoms with E-state index in [4.69, 9.17) is 17.3 Å². The van der Waals surface area contributed by atoms with Gasteiger partial charge in [0.1, 0.15) is 0 Å². The lowest BCUT2D eigenvalue weighted by Crippen LogP contribution is -2.49. The lowest BCUT2D eigenvalue weighted by atomic mass is 10.0. The lowest BCUT2D eigenvalue weighted by Gasteiger charge is -2.36. The molecule has 1 aliphatic heterocycles. The Hall–Kier alpha value is -2.04. The smallest absolute Gasteiger partial charge is 0.224 e. The van der Waals surface area contributed by atoms with Gasteiger partial charge in [-0.1, -0.05) is 41.9 Å². The van der Waals surface area contributed by atoms with Crippen LogP contribution >= 0.6 is 11.6 Å². The van der Waals surface area contributed by atoms with E-state index in [-0.39, 0.29) is 11.9 Å². The highest BCUT2D eigenvalue weighted by Gasteiger charge is 2.23. The van der Waals surface area contributed by atoms with Crippen molar-refractivity contribution in [3.63, 3.8) is 0 Å². The Bertz CT molecular complexity index is 667. The third-order valence-electron chi connectivity index (χ3n) is 4.45. The van der Waals surface area contributed by atoms with Crippen LogP contribution in [0.2, 0.25) is 5.02 Å². The summed E-state index contributed by atoms with van der Waals surface area (Å²) in [6.45, 7) is 3.10. The topological polar surface area (TPSA) is 49.6 Å². The van der Waals surface area contributed by atoms with Crippen molar-refractivity contribution in [2.45, 2.75) is 12.5 Å². The zero-order valence-corrected chi connectivity index (χ0v) is 14.3. The Labute approximate surface area is 147 Å². The zero-order valence-electron chi connectivity index (χ0n) is 13.6. The van der Waals surface area contributed by atoms with Crippen molar-refractivity contribution >= 4 is 23.2 Å². The first kappa shape index (κ1) is 16.8. The number of rotatable bonds is 4. The third kappa shape index (κ3) is 4.08. The van der Waals surface area contributed by atoms with Crippen molar-refractivity contribution in [1.82, 2.24) is 4.90 Å². The van der Waals surface area contributed by atoms with Crippen molar-refractivity contribution in [1.29, 1.82) is 0 Å². The van der Waals surface area contributed by atoms with Gasteiger partial charge in [-0.2, -0.15) is 0 Å². The predicted molar refractivity (Wildman–Crippen MR) is 98.2 cm³/mol. The normalized spacial score (nSPS) is 16.1. The van der Waals surface area contributed by atoms with Gasteiger partial charge in [0.2, 0.25) is 5.91 Å². The van der Waals surface area contributed by atoms with Crippen molar-refractivity contribution in [3.8, 4) is 0 Å². The number of piperazine rings is 1. The summed E-state index contributed by atoms with van der Waals surface area (Å²) in [4.78, 5) is 16.7. The van der Waals surface area contributed by atoms with Gasteiger partial charge in [0.05, 0.1) is 0 Å². The molecule has 1 aliphatic rings. The van der Waals surface area contributed by atoms with Gasteiger partial charge in [0.25, 0.3) is 0 Å². The average Bonchev–Trinajstić information content (AvgIpc) is 2.63. The number of carbonyl (C=O) groups excluding carboxylic acids is 1. The van der Waals surface area contributed by atoms with Crippen molar-refractivity contribution < 1.29 is 4.79 Å². The molecule has 0 radical (unpaired) electrons. The highest BCUT2D eigenvalue weighted by Crippen LogP contribution is 2.20. The zero-order chi connectivity index (χ0) is 16.9. The van der Waals surface area contributed by atoms with Gasteiger partial charge in [0, 0.05) is 49.4 Å². The van der Waals surface area contributed by atoms with E-state index in [9.17, 15) is 4.79 Å². The van der Waals surface area contributed by atoms with Gasteiger partial charge >= 0.3 is 0 Å². The highest BCUT2D eigenvalue weighted by atomic mass is 35.5. The average molecular weight is 344 g/mol. The number of hydrogen-bond acceptors (Lipinski definition) is 3. The summed E-state index contributed by atoms with van der Waals surface area (Å²) < 4.78 is 0. The molecular weight excluding hydrogens is 322 g/mol. The molecule has 1 unspecified atom stereocenters. The summed E-state index contributed by atoms with van der Waals surface area (Å²) in [6, 6.07) is 17.4. The molecule has 4 nitrogen and oxygen atoms in total. The fraction of sp³-hybridized carbons (Fsp3) is 0.316. The Balaban J connectivity index is 1.52. The number of benzene rings is 2. The summed E-state index contributed by atoms with van der Waals surface area (Å²) in [5.41, 5.74) is 8.32. The lowest BCUT2D eigenvalue weighted by molar-refractivity contribution is -0.131. The van der Waals surface area contributed by atoms with E-state index in [0.717, 1.165) is 42.5 Å². The van der Waals surface area contributed by atoms with E-state index in [0.29, 0.717) is 6.42 Å². The molecule has 2 aromatic carbocycles. The van der Waals surface area contributed by atoms with E-state index in [1.807, 2.05) is 59.5 Å². The van der Waals surface area contributed by atoms with E-state index >= 15 is 0 Å². The number of anilines is 1. The van der Waals surface area contributed by atoms with Crippen LogP contribution in [0.15, 0.2) is 54.6 Å². The second-order valence-corrected chi connectivity index (χ2v) is 6.50. The first-order valence-electron chi connectivity index (χ1n) is 8.22. The van der Waals surface area contributed by atoms with E-state index in [2.05, 4.69) is 4.90 Å². The third-order valence-corrected chi connectivity index (χ3v) is 4.70. The van der Waals surface area contributed by atoms with Crippen molar-refractivity contribution in [3.05, 3.63) is 65.2 Å². The van der Waals surface area contributed by atoms with Crippen LogP contribution in [0.4, 0.5) is 5.69 Å². The minimum atomic E-state index is -0.243. The molecule has 5 heteroatoms. The maximum Gasteiger partial charge on any atom is 0.224 e. The minimum Gasteiger partial charge on any atom is -0.368 e. The quantitative estimate of drug-likeness (QED) is 0.928. The van der Waals surface area contributed by atoms with Crippen molar-refractivity contribution in [2.24, 2.45) is 5.73 Å². The molecule has 1 amide bonds. The van der Waals surface area contributed by atoms with Gasteiger partial charge in [-0.3, -0.25) is 4.79 Å². The summed E-state index contributed by atoms with van der Waals surface area (Å²) in [7, 11) is 0. The SMILES string of the molecule is NC(CC(=O)N1CCN(c2ccc(Cl)cc2)CC1)c1ccccc1. The number of halogens is 1. The second kappa shape index (κ2) is 7.69. The van der Waals surface area contributed by atoms with Crippen LogP contribution in [-0.4, -0.2) is 37.0 Å². The standard InChI is InChI=1S/C19H22ClN3O/c20-16-6-8-17(9-7-16)22-10-12-23(13-11-22)19(24)14-18(21)15-4-2-1-3-5-15/h1-9,18H,10-14,21H2. The number of nitrogens with zero attached hydrogens (tertiary/aromatic N) is 2. The second-order valence-electron chi connectivity index (χ2n) is 6.07. The Morgan fingerprint density at radius 2 is 1.62 bits per heavy atom. The monoisotopic (exact) mass is 343 g/mol. The van der Waals surface area contributed by atoms with Crippen LogP contribution in [-0.2, 0) is 4.79 Å². The fourth-order valence-electron chi connectivity index (χ4n) is 3.00. The molecule has 3 rings (SSSR count). The Morgan fingerprint density at radius 3 is 2.25 bits per heavy atom. The number of hydrogen-bond donors (Lipinski definition) is 1. The van der Waals surface area contributed by atoms with Crippen LogP contribution in [0.3, 0.4) is 0 Å². The molecule has 1 atom stereocenters. The Morgan fingerprint density at radius 1 is 1.00 bits per heavy atom.